The topological polar surface area (TPSA) is 35.5 Å². The second-order valence-corrected chi connectivity index (χ2v) is 12.8. The van der Waals surface area contributed by atoms with Gasteiger partial charge in [0.05, 0.1) is 12.2 Å². The Bertz CT molecular complexity index is 434. The average Bonchev–Trinajstić information content (AvgIpc) is 2.69. The molecule has 1 saturated heterocycles. The van der Waals surface area contributed by atoms with Crippen molar-refractivity contribution in [3.05, 3.63) is 11.6 Å². The molecule has 0 radical (unpaired) electrons. The van der Waals surface area contributed by atoms with Gasteiger partial charge in [0.2, 0.25) is 0 Å². The van der Waals surface area contributed by atoms with E-state index in [9.17, 15) is 4.79 Å². The van der Waals surface area contributed by atoms with E-state index in [0.29, 0.717) is 6.42 Å². The van der Waals surface area contributed by atoms with Crippen molar-refractivity contribution in [3.63, 3.8) is 0 Å². The van der Waals surface area contributed by atoms with Crippen LogP contribution in [-0.2, 0) is 14.0 Å². The molecule has 21 heavy (non-hydrogen) atoms. The average molecular weight is 311 g/mol. The van der Waals surface area contributed by atoms with Crippen LogP contribution in [0.5, 0.6) is 0 Å². The summed E-state index contributed by atoms with van der Waals surface area (Å²) in [5, 5.41) is 0.180. The summed E-state index contributed by atoms with van der Waals surface area (Å²) in [6.07, 6.45) is 5.27. The predicted molar refractivity (Wildman–Crippen MR) is 88.0 cm³/mol. The molecule has 3 nitrogen and oxygen atoms in total. The second-order valence-electron chi connectivity index (χ2n) is 8.08. The molecule has 2 rings (SSSR count). The zero-order valence-electron chi connectivity index (χ0n) is 14.4. The predicted octanol–water partition coefficient (Wildman–Crippen LogP) is 4.23. The monoisotopic (exact) mass is 310 g/mol. The molecule has 0 aromatic heterocycles. The largest absolute Gasteiger partial charge is 0.411 e. The first-order valence-electron chi connectivity index (χ1n) is 8.12. The van der Waals surface area contributed by atoms with Gasteiger partial charge in [-0.15, -0.1) is 0 Å². The summed E-state index contributed by atoms with van der Waals surface area (Å²) in [6.45, 7) is 13.4. The number of hydrogen-bond donors (Lipinski definition) is 0. The number of carbonyl (C=O) groups excluding carboxylic acids is 1. The summed E-state index contributed by atoms with van der Waals surface area (Å²) >= 11 is 0. The molecule has 3 atom stereocenters. The molecule has 0 saturated carbocycles. The van der Waals surface area contributed by atoms with Crippen LogP contribution in [0.1, 0.15) is 53.4 Å². The van der Waals surface area contributed by atoms with Crippen LogP contribution in [0.2, 0.25) is 18.1 Å². The maximum Gasteiger partial charge on any atom is 0.192 e. The highest BCUT2D eigenvalue weighted by Crippen LogP contribution is 2.39. The van der Waals surface area contributed by atoms with Crippen molar-refractivity contribution in [1.29, 1.82) is 0 Å². The SMILES string of the molecule is C/C1=C\CC[C@H](O[Si](C)(C)C(C)(C)C)[C@H]2CC(=O)[C@@H](C1)O2. The van der Waals surface area contributed by atoms with E-state index in [1.165, 1.54) is 5.57 Å². The number of hydrogen-bond acceptors (Lipinski definition) is 3. The standard InChI is InChI=1S/C17H30O3Si/c1-12-8-7-9-14(20-21(5,6)17(2,3)4)16-11-13(18)15(10-12)19-16/h8,14-16H,7,9-11H2,1-6H3/b12-8+/t14-,15+,16+/m0/s1. The summed E-state index contributed by atoms with van der Waals surface area (Å²) in [6, 6.07) is 0. The first-order valence-corrected chi connectivity index (χ1v) is 11.0. The molecular formula is C17H30O3Si. The van der Waals surface area contributed by atoms with Crippen molar-refractivity contribution in [2.24, 2.45) is 0 Å². The summed E-state index contributed by atoms with van der Waals surface area (Å²) < 4.78 is 12.6. The maximum absolute atomic E-state index is 12.1. The Kier molecular flexibility index (Phi) is 4.81. The Labute approximate surface area is 130 Å². The summed E-state index contributed by atoms with van der Waals surface area (Å²) in [5.74, 6) is 0.249. The van der Waals surface area contributed by atoms with E-state index in [1.807, 2.05) is 0 Å². The Balaban J connectivity index is 2.17. The van der Waals surface area contributed by atoms with Gasteiger partial charge in [-0.25, -0.2) is 0 Å². The lowest BCUT2D eigenvalue weighted by Crippen LogP contribution is -2.47. The quantitative estimate of drug-likeness (QED) is 0.565. The van der Waals surface area contributed by atoms with Gasteiger partial charge >= 0.3 is 0 Å². The van der Waals surface area contributed by atoms with Crippen LogP contribution in [0.4, 0.5) is 0 Å². The molecule has 0 spiro atoms. The Morgan fingerprint density at radius 2 is 1.95 bits per heavy atom. The number of fused-ring (bicyclic) bond motifs is 2. The summed E-state index contributed by atoms with van der Waals surface area (Å²) in [4.78, 5) is 12.1. The maximum atomic E-state index is 12.1. The van der Waals surface area contributed by atoms with Crippen LogP contribution in [-0.4, -0.2) is 32.4 Å². The number of ketones is 1. The fraction of sp³-hybridized carbons (Fsp3) is 0.824. The van der Waals surface area contributed by atoms with E-state index in [0.717, 1.165) is 19.3 Å². The first kappa shape index (κ1) is 16.9. The minimum atomic E-state index is -1.84. The number of allylic oxidation sites excluding steroid dienone is 1. The Hall–Kier alpha value is -0.453. The molecule has 120 valence electrons. The normalized spacial score (nSPS) is 33.9. The molecule has 4 heteroatoms. The number of Topliss-reactive ketones (excluding diaryl/α,β-unsaturated/α-hetero) is 1. The van der Waals surface area contributed by atoms with E-state index in [2.05, 4.69) is 46.9 Å². The minimum absolute atomic E-state index is 0.0454. The van der Waals surface area contributed by atoms with Gasteiger partial charge in [0, 0.05) is 12.8 Å². The smallest absolute Gasteiger partial charge is 0.192 e. The third kappa shape index (κ3) is 3.85. The molecule has 0 aromatic carbocycles. The van der Waals surface area contributed by atoms with E-state index < -0.39 is 8.32 Å². The Morgan fingerprint density at radius 3 is 2.57 bits per heavy atom. The van der Waals surface area contributed by atoms with Gasteiger partial charge in [-0.1, -0.05) is 32.4 Å². The van der Waals surface area contributed by atoms with E-state index in [4.69, 9.17) is 9.16 Å². The lowest BCUT2D eigenvalue weighted by Gasteiger charge is -2.40. The van der Waals surface area contributed by atoms with Crippen molar-refractivity contribution in [2.45, 2.75) is 89.8 Å². The molecule has 2 bridgehead atoms. The fourth-order valence-corrected chi connectivity index (χ4v) is 4.17. The van der Waals surface area contributed by atoms with Gasteiger partial charge in [-0.2, -0.15) is 0 Å². The van der Waals surface area contributed by atoms with Crippen molar-refractivity contribution in [1.82, 2.24) is 0 Å². The molecule has 1 fully saturated rings. The lowest BCUT2D eigenvalue weighted by atomic mass is 9.99. The van der Waals surface area contributed by atoms with Crippen molar-refractivity contribution < 1.29 is 14.0 Å². The van der Waals surface area contributed by atoms with Crippen LogP contribution < -0.4 is 0 Å². The van der Waals surface area contributed by atoms with Crippen LogP contribution in [0.3, 0.4) is 0 Å². The van der Waals surface area contributed by atoms with Gasteiger partial charge in [0.25, 0.3) is 0 Å². The number of ether oxygens (including phenoxy) is 1. The number of rotatable bonds is 2. The first-order chi connectivity index (χ1) is 9.60. The zero-order valence-corrected chi connectivity index (χ0v) is 15.4. The van der Waals surface area contributed by atoms with Crippen LogP contribution in [0.25, 0.3) is 0 Å². The van der Waals surface area contributed by atoms with Crippen LogP contribution >= 0.6 is 0 Å². The van der Waals surface area contributed by atoms with Crippen molar-refractivity contribution >= 4 is 14.1 Å². The molecule has 0 aromatic rings. The molecule has 0 amide bonds. The summed E-state index contributed by atoms with van der Waals surface area (Å²) in [5.41, 5.74) is 1.27. The molecule has 2 heterocycles. The van der Waals surface area contributed by atoms with Gasteiger partial charge in [0.15, 0.2) is 14.1 Å². The zero-order chi connectivity index (χ0) is 15.8. The molecule has 0 aliphatic carbocycles. The highest BCUT2D eigenvalue weighted by atomic mass is 28.4. The van der Waals surface area contributed by atoms with E-state index >= 15 is 0 Å². The molecular weight excluding hydrogens is 280 g/mol. The van der Waals surface area contributed by atoms with E-state index in [-0.39, 0.29) is 29.1 Å². The van der Waals surface area contributed by atoms with Crippen molar-refractivity contribution in [3.8, 4) is 0 Å². The molecule has 2 aliphatic heterocycles. The lowest BCUT2D eigenvalue weighted by molar-refractivity contribution is -0.122. The van der Waals surface area contributed by atoms with Gasteiger partial charge in [0.1, 0.15) is 6.10 Å². The van der Waals surface area contributed by atoms with Gasteiger partial charge < -0.3 is 9.16 Å². The molecule has 0 unspecified atom stereocenters. The highest BCUT2D eigenvalue weighted by Gasteiger charge is 2.44. The fourth-order valence-electron chi connectivity index (χ4n) is 2.79. The van der Waals surface area contributed by atoms with Crippen molar-refractivity contribution in [2.75, 3.05) is 0 Å². The minimum Gasteiger partial charge on any atom is -0.411 e. The highest BCUT2D eigenvalue weighted by molar-refractivity contribution is 6.74. The third-order valence-electron chi connectivity index (χ3n) is 5.22. The second kappa shape index (κ2) is 5.97. The Morgan fingerprint density at radius 1 is 1.29 bits per heavy atom. The third-order valence-corrected chi connectivity index (χ3v) is 9.72. The van der Waals surface area contributed by atoms with Gasteiger partial charge in [-0.05, 0) is 37.9 Å². The van der Waals surface area contributed by atoms with Gasteiger partial charge in [-0.3, -0.25) is 4.79 Å². The summed E-state index contributed by atoms with van der Waals surface area (Å²) in [7, 11) is -1.84. The molecule has 2 aliphatic rings. The van der Waals surface area contributed by atoms with Crippen LogP contribution in [0, 0.1) is 0 Å². The molecule has 0 N–H and O–H groups in total. The van der Waals surface area contributed by atoms with E-state index in [1.54, 1.807) is 0 Å². The van der Waals surface area contributed by atoms with Crippen LogP contribution in [0.15, 0.2) is 11.6 Å². The number of carbonyl (C=O) groups is 1.